The van der Waals surface area contributed by atoms with E-state index in [2.05, 4.69) is 37.4 Å². The highest BCUT2D eigenvalue weighted by Crippen LogP contribution is 2.20. The maximum absolute atomic E-state index is 3.78. The standard InChI is InChI=1S/C13H16S/c1-3-12(4-2)10-11-14-13-8-6-5-7-9-13/h3-9,12H,1-2,10-11H2. The molecule has 1 aromatic carbocycles. The average molecular weight is 204 g/mol. The van der Waals surface area contributed by atoms with Crippen LogP contribution in [-0.2, 0) is 0 Å². The fraction of sp³-hybridized carbons (Fsp3) is 0.231. The maximum atomic E-state index is 3.78. The zero-order valence-electron chi connectivity index (χ0n) is 8.36. The van der Waals surface area contributed by atoms with E-state index >= 15 is 0 Å². The molecule has 0 N–H and O–H groups in total. The summed E-state index contributed by atoms with van der Waals surface area (Å²) in [6.45, 7) is 7.55. The fourth-order valence-corrected chi connectivity index (χ4v) is 2.14. The van der Waals surface area contributed by atoms with Crippen LogP contribution < -0.4 is 0 Å². The molecule has 0 nitrogen and oxygen atoms in total. The normalized spacial score (nSPS) is 10.1. The summed E-state index contributed by atoms with van der Waals surface area (Å²) in [5.41, 5.74) is 0. The molecule has 0 spiro atoms. The molecule has 0 aliphatic heterocycles. The van der Waals surface area contributed by atoms with Crippen molar-refractivity contribution >= 4 is 11.8 Å². The van der Waals surface area contributed by atoms with Gasteiger partial charge in [-0.05, 0) is 30.2 Å². The molecule has 0 unspecified atom stereocenters. The third-order valence-electron chi connectivity index (χ3n) is 2.07. The molecular formula is C13H16S. The summed E-state index contributed by atoms with van der Waals surface area (Å²) in [6, 6.07) is 10.5. The van der Waals surface area contributed by atoms with Crippen molar-refractivity contribution in [2.24, 2.45) is 5.92 Å². The van der Waals surface area contributed by atoms with Gasteiger partial charge in [0.2, 0.25) is 0 Å². The summed E-state index contributed by atoms with van der Waals surface area (Å²) in [5.74, 6) is 1.57. The maximum Gasteiger partial charge on any atom is 0.00719 e. The summed E-state index contributed by atoms with van der Waals surface area (Å²) in [6.07, 6.45) is 5.03. The van der Waals surface area contributed by atoms with E-state index in [1.54, 1.807) is 0 Å². The fourth-order valence-electron chi connectivity index (χ4n) is 1.16. The Bertz CT molecular complexity index is 269. The van der Waals surface area contributed by atoms with Crippen LogP contribution in [0.2, 0.25) is 0 Å². The molecule has 0 fully saturated rings. The predicted molar refractivity (Wildman–Crippen MR) is 65.7 cm³/mol. The van der Waals surface area contributed by atoms with Crippen LogP contribution in [-0.4, -0.2) is 5.75 Å². The summed E-state index contributed by atoms with van der Waals surface area (Å²) in [4.78, 5) is 1.33. The molecule has 0 aliphatic rings. The van der Waals surface area contributed by atoms with Crippen LogP contribution in [0.5, 0.6) is 0 Å². The van der Waals surface area contributed by atoms with Gasteiger partial charge in [0.05, 0.1) is 0 Å². The first kappa shape index (κ1) is 11.1. The minimum absolute atomic E-state index is 0.450. The van der Waals surface area contributed by atoms with Gasteiger partial charge in [0.15, 0.2) is 0 Å². The minimum atomic E-state index is 0.450. The second kappa shape index (κ2) is 6.50. The van der Waals surface area contributed by atoms with Crippen molar-refractivity contribution in [3.05, 3.63) is 55.6 Å². The van der Waals surface area contributed by atoms with Gasteiger partial charge in [-0.25, -0.2) is 0 Å². The Labute approximate surface area is 90.7 Å². The largest absolute Gasteiger partial charge is 0.126 e. The zero-order chi connectivity index (χ0) is 10.2. The van der Waals surface area contributed by atoms with Gasteiger partial charge in [-0.3, -0.25) is 0 Å². The Hall–Kier alpha value is -0.950. The number of thioether (sulfide) groups is 1. The molecule has 0 aromatic heterocycles. The highest BCUT2D eigenvalue weighted by molar-refractivity contribution is 7.99. The van der Waals surface area contributed by atoms with E-state index in [9.17, 15) is 0 Å². The third-order valence-corrected chi connectivity index (χ3v) is 3.11. The van der Waals surface area contributed by atoms with Crippen molar-refractivity contribution in [2.75, 3.05) is 5.75 Å². The Morgan fingerprint density at radius 3 is 2.36 bits per heavy atom. The molecule has 0 aliphatic carbocycles. The van der Waals surface area contributed by atoms with Gasteiger partial charge in [0, 0.05) is 4.90 Å². The first-order chi connectivity index (χ1) is 6.86. The van der Waals surface area contributed by atoms with Crippen LogP contribution in [0.25, 0.3) is 0 Å². The second-order valence-electron chi connectivity index (χ2n) is 3.09. The van der Waals surface area contributed by atoms with Crippen LogP contribution >= 0.6 is 11.8 Å². The van der Waals surface area contributed by atoms with E-state index in [1.807, 2.05) is 30.0 Å². The molecule has 0 saturated carbocycles. The molecule has 0 amide bonds. The first-order valence-corrected chi connectivity index (χ1v) is 5.78. The van der Waals surface area contributed by atoms with Crippen LogP contribution in [0.1, 0.15) is 6.42 Å². The van der Waals surface area contributed by atoms with E-state index in [4.69, 9.17) is 0 Å². The van der Waals surface area contributed by atoms with Crippen LogP contribution in [0.3, 0.4) is 0 Å². The second-order valence-corrected chi connectivity index (χ2v) is 4.25. The summed E-state index contributed by atoms with van der Waals surface area (Å²) < 4.78 is 0. The monoisotopic (exact) mass is 204 g/mol. The minimum Gasteiger partial charge on any atom is -0.126 e. The Morgan fingerprint density at radius 1 is 1.14 bits per heavy atom. The van der Waals surface area contributed by atoms with Gasteiger partial charge in [-0.15, -0.1) is 24.9 Å². The lowest BCUT2D eigenvalue weighted by atomic mass is 10.1. The van der Waals surface area contributed by atoms with E-state index < -0.39 is 0 Å². The van der Waals surface area contributed by atoms with E-state index in [1.165, 1.54) is 4.90 Å². The number of rotatable bonds is 6. The lowest BCUT2D eigenvalue weighted by Crippen LogP contribution is -1.92. The van der Waals surface area contributed by atoms with E-state index in [-0.39, 0.29) is 0 Å². The summed E-state index contributed by atoms with van der Waals surface area (Å²) >= 11 is 1.88. The SMILES string of the molecule is C=CC(C=C)CCSc1ccccc1. The van der Waals surface area contributed by atoms with Gasteiger partial charge in [-0.1, -0.05) is 30.4 Å². The molecular weight excluding hydrogens is 188 g/mol. The van der Waals surface area contributed by atoms with Crippen molar-refractivity contribution in [3.8, 4) is 0 Å². The molecule has 14 heavy (non-hydrogen) atoms. The summed E-state index contributed by atoms with van der Waals surface area (Å²) in [7, 11) is 0. The van der Waals surface area contributed by atoms with Crippen molar-refractivity contribution in [1.82, 2.24) is 0 Å². The third kappa shape index (κ3) is 3.84. The number of allylic oxidation sites excluding steroid dienone is 2. The molecule has 1 heteroatoms. The smallest absolute Gasteiger partial charge is 0.00719 e. The van der Waals surface area contributed by atoms with Gasteiger partial charge >= 0.3 is 0 Å². The van der Waals surface area contributed by atoms with Crippen molar-refractivity contribution in [3.63, 3.8) is 0 Å². The van der Waals surface area contributed by atoms with Crippen molar-refractivity contribution < 1.29 is 0 Å². The molecule has 0 bridgehead atoms. The van der Waals surface area contributed by atoms with Gasteiger partial charge < -0.3 is 0 Å². The van der Waals surface area contributed by atoms with Crippen LogP contribution in [0.4, 0.5) is 0 Å². The van der Waals surface area contributed by atoms with Crippen LogP contribution in [0.15, 0.2) is 60.5 Å². The quantitative estimate of drug-likeness (QED) is 0.495. The number of hydrogen-bond acceptors (Lipinski definition) is 1. The first-order valence-electron chi connectivity index (χ1n) is 4.79. The molecule has 0 radical (unpaired) electrons. The van der Waals surface area contributed by atoms with E-state index in [0.717, 1.165) is 12.2 Å². The van der Waals surface area contributed by atoms with Crippen molar-refractivity contribution in [1.29, 1.82) is 0 Å². The number of hydrogen-bond donors (Lipinski definition) is 0. The number of benzene rings is 1. The molecule has 1 rings (SSSR count). The highest BCUT2D eigenvalue weighted by Gasteiger charge is 1.98. The zero-order valence-corrected chi connectivity index (χ0v) is 9.17. The molecule has 0 heterocycles. The lowest BCUT2D eigenvalue weighted by Gasteiger charge is -2.05. The van der Waals surface area contributed by atoms with Gasteiger partial charge in [0.1, 0.15) is 0 Å². The molecule has 0 atom stereocenters. The average Bonchev–Trinajstić information content (AvgIpc) is 2.26. The van der Waals surface area contributed by atoms with E-state index in [0.29, 0.717) is 5.92 Å². The molecule has 0 saturated heterocycles. The topological polar surface area (TPSA) is 0 Å². The Morgan fingerprint density at radius 2 is 1.79 bits per heavy atom. The Balaban J connectivity index is 2.28. The summed E-state index contributed by atoms with van der Waals surface area (Å²) in [5, 5.41) is 0. The van der Waals surface area contributed by atoms with Crippen LogP contribution in [0, 0.1) is 5.92 Å². The lowest BCUT2D eigenvalue weighted by molar-refractivity contribution is 0.787. The Kier molecular flexibility index (Phi) is 5.16. The predicted octanol–water partition coefficient (Wildman–Crippen LogP) is 4.16. The molecule has 74 valence electrons. The highest BCUT2D eigenvalue weighted by atomic mass is 32.2. The van der Waals surface area contributed by atoms with Gasteiger partial charge in [0.25, 0.3) is 0 Å². The van der Waals surface area contributed by atoms with Gasteiger partial charge in [-0.2, -0.15) is 0 Å². The molecule has 1 aromatic rings. The van der Waals surface area contributed by atoms with Crippen molar-refractivity contribution in [2.45, 2.75) is 11.3 Å².